The first-order chi connectivity index (χ1) is 10.0. The summed E-state index contributed by atoms with van der Waals surface area (Å²) in [6.07, 6.45) is 3.50. The van der Waals surface area contributed by atoms with Gasteiger partial charge in [0.25, 0.3) is 0 Å². The van der Waals surface area contributed by atoms with E-state index in [0.29, 0.717) is 17.3 Å². The molecule has 0 bridgehead atoms. The van der Waals surface area contributed by atoms with E-state index in [4.69, 9.17) is 22.7 Å². The Labute approximate surface area is 131 Å². The van der Waals surface area contributed by atoms with Crippen molar-refractivity contribution in [2.45, 2.75) is 25.4 Å². The van der Waals surface area contributed by atoms with E-state index in [1.54, 1.807) is 6.07 Å². The molecule has 1 aliphatic rings. The summed E-state index contributed by atoms with van der Waals surface area (Å²) in [4.78, 5) is 2.53. The van der Waals surface area contributed by atoms with Crippen LogP contribution in [0, 0.1) is 5.92 Å². The molecule has 1 fully saturated rings. The predicted octanol–water partition coefficient (Wildman–Crippen LogP) is 1.79. The highest BCUT2D eigenvalue weighted by Crippen LogP contribution is 2.26. The lowest BCUT2D eigenvalue weighted by molar-refractivity contribution is 0.0665. The number of benzene rings is 1. The van der Waals surface area contributed by atoms with Crippen molar-refractivity contribution in [3.63, 3.8) is 0 Å². The van der Waals surface area contributed by atoms with E-state index in [2.05, 4.69) is 11.9 Å². The number of ether oxygens (including phenoxy) is 1. The third kappa shape index (κ3) is 5.26. The Hall–Kier alpha value is -1.17. The first-order valence-electron chi connectivity index (χ1n) is 7.44. The topological polar surface area (TPSA) is 58.7 Å². The zero-order valence-corrected chi connectivity index (χ0v) is 13.3. The number of likely N-dealkylation sites (N-methyl/N-ethyl adjacent to an activating group) is 1. The molecule has 0 aliphatic heterocycles. The second kappa shape index (κ2) is 7.73. The van der Waals surface area contributed by atoms with Gasteiger partial charge >= 0.3 is 0 Å². The average Bonchev–Trinajstić information content (AvgIpc) is 2.41. The summed E-state index contributed by atoms with van der Waals surface area (Å²) in [6.45, 7) is 1.97. The van der Waals surface area contributed by atoms with E-state index in [0.717, 1.165) is 18.0 Å². The molecular weight excluding hydrogens is 284 g/mol. The van der Waals surface area contributed by atoms with Crippen LogP contribution in [0.15, 0.2) is 24.3 Å². The quantitative estimate of drug-likeness (QED) is 0.717. The van der Waals surface area contributed by atoms with Gasteiger partial charge < -0.3 is 20.5 Å². The zero-order valence-electron chi connectivity index (χ0n) is 12.5. The van der Waals surface area contributed by atoms with Crippen LogP contribution in [0.1, 0.15) is 24.8 Å². The fourth-order valence-electron chi connectivity index (χ4n) is 2.53. The van der Waals surface area contributed by atoms with Crippen LogP contribution in [0.5, 0.6) is 5.75 Å². The summed E-state index contributed by atoms with van der Waals surface area (Å²) in [7, 11) is 2.05. The third-order valence-corrected chi connectivity index (χ3v) is 4.11. The van der Waals surface area contributed by atoms with Crippen LogP contribution in [0.4, 0.5) is 0 Å². The van der Waals surface area contributed by atoms with Crippen LogP contribution in [-0.2, 0) is 0 Å². The van der Waals surface area contributed by atoms with Gasteiger partial charge in [-0.15, -0.1) is 0 Å². The molecule has 1 unspecified atom stereocenters. The van der Waals surface area contributed by atoms with Crippen LogP contribution in [0.2, 0.25) is 0 Å². The molecule has 2 rings (SSSR count). The van der Waals surface area contributed by atoms with Gasteiger partial charge in [-0.2, -0.15) is 0 Å². The fourth-order valence-corrected chi connectivity index (χ4v) is 2.66. The molecule has 1 aromatic carbocycles. The van der Waals surface area contributed by atoms with Crippen LogP contribution in [0.25, 0.3) is 0 Å². The van der Waals surface area contributed by atoms with Gasteiger partial charge in [0.2, 0.25) is 0 Å². The smallest absolute Gasteiger partial charge is 0.120 e. The van der Waals surface area contributed by atoms with Gasteiger partial charge in [-0.3, -0.25) is 0 Å². The Morgan fingerprint density at radius 3 is 2.90 bits per heavy atom. The molecule has 1 aliphatic carbocycles. The number of hydrogen-bond acceptors (Lipinski definition) is 4. The van der Waals surface area contributed by atoms with Crippen molar-refractivity contribution in [1.82, 2.24) is 4.90 Å². The molecule has 1 atom stereocenters. The molecule has 1 saturated carbocycles. The Bertz CT molecular complexity index is 477. The van der Waals surface area contributed by atoms with Crippen LogP contribution < -0.4 is 10.5 Å². The maximum Gasteiger partial charge on any atom is 0.120 e. The predicted molar refractivity (Wildman–Crippen MR) is 88.7 cm³/mol. The summed E-state index contributed by atoms with van der Waals surface area (Å²) >= 11 is 4.94. The molecule has 0 amide bonds. The summed E-state index contributed by atoms with van der Waals surface area (Å²) < 4.78 is 5.61. The monoisotopic (exact) mass is 308 g/mol. The molecule has 5 heteroatoms. The van der Waals surface area contributed by atoms with Gasteiger partial charge in [0.05, 0.1) is 0 Å². The lowest BCUT2D eigenvalue weighted by atomic mass is 9.85. The van der Waals surface area contributed by atoms with Crippen molar-refractivity contribution in [2.24, 2.45) is 11.7 Å². The number of aliphatic hydroxyl groups is 1. The zero-order chi connectivity index (χ0) is 15.2. The minimum absolute atomic E-state index is 0.274. The molecule has 21 heavy (non-hydrogen) atoms. The first-order valence-corrected chi connectivity index (χ1v) is 7.84. The standard InChI is InChI=1S/C16H24N2O2S/c1-18(9-12-4-2-5-12)10-14(19)11-20-15-7-3-6-13(8-15)16(17)21/h3,6-8,12,14,19H,2,4-5,9-11H2,1H3,(H2,17,21). The Morgan fingerprint density at radius 2 is 2.29 bits per heavy atom. The molecule has 0 radical (unpaired) electrons. The van der Waals surface area contributed by atoms with E-state index >= 15 is 0 Å². The van der Waals surface area contributed by atoms with Gasteiger partial charge in [0, 0.05) is 18.7 Å². The summed E-state index contributed by atoms with van der Waals surface area (Å²) in [6, 6.07) is 7.33. The molecular formula is C16H24N2O2S. The van der Waals surface area contributed by atoms with E-state index in [-0.39, 0.29) is 6.61 Å². The SMILES string of the molecule is CN(CC(O)COc1cccc(C(N)=S)c1)CC1CCC1. The van der Waals surface area contributed by atoms with Gasteiger partial charge in [-0.1, -0.05) is 30.8 Å². The van der Waals surface area contributed by atoms with Crippen molar-refractivity contribution in [1.29, 1.82) is 0 Å². The third-order valence-electron chi connectivity index (χ3n) is 3.88. The second-order valence-corrected chi connectivity index (χ2v) is 6.31. The van der Waals surface area contributed by atoms with Gasteiger partial charge in [0.1, 0.15) is 23.4 Å². The average molecular weight is 308 g/mol. The Morgan fingerprint density at radius 1 is 1.52 bits per heavy atom. The van der Waals surface area contributed by atoms with E-state index in [9.17, 15) is 5.11 Å². The minimum atomic E-state index is -0.497. The number of hydrogen-bond donors (Lipinski definition) is 2. The second-order valence-electron chi connectivity index (χ2n) is 5.88. The normalized spacial score (nSPS) is 16.5. The number of rotatable bonds is 8. The maximum absolute atomic E-state index is 10.0. The molecule has 4 nitrogen and oxygen atoms in total. The van der Waals surface area contributed by atoms with Crippen molar-refractivity contribution < 1.29 is 9.84 Å². The summed E-state index contributed by atoms with van der Waals surface area (Å²) in [5, 5.41) is 10.0. The molecule has 1 aromatic rings. The summed E-state index contributed by atoms with van der Waals surface area (Å²) in [5.41, 5.74) is 6.37. The van der Waals surface area contributed by atoms with Gasteiger partial charge in [-0.25, -0.2) is 0 Å². The van der Waals surface area contributed by atoms with Crippen molar-refractivity contribution in [3.8, 4) is 5.75 Å². The van der Waals surface area contributed by atoms with Crippen molar-refractivity contribution in [2.75, 3.05) is 26.7 Å². The fraction of sp³-hybridized carbons (Fsp3) is 0.562. The summed E-state index contributed by atoms with van der Waals surface area (Å²) in [5.74, 6) is 1.49. The molecule has 0 saturated heterocycles. The van der Waals surface area contributed by atoms with Crippen LogP contribution in [-0.4, -0.2) is 47.8 Å². The highest BCUT2D eigenvalue weighted by molar-refractivity contribution is 7.80. The maximum atomic E-state index is 10.0. The number of nitrogens with zero attached hydrogens (tertiary/aromatic N) is 1. The molecule has 3 N–H and O–H groups in total. The van der Waals surface area contributed by atoms with Crippen molar-refractivity contribution in [3.05, 3.63) is 29.8 Å². The molecule has 0 spiro atoms. The van der Waals surface area contributed by atoms with E-state index < -0.39 is 6.10 Å². The number of nitrogens with two attached hydrogens (primary N) is 1. The van der Waals surface area contributed by atoms with Crippen LogP contribution >= 0.6 is 12.2 Å². The van der Waals surface area contributed by atoms with E-state index in [1.807, 2.05) is 18.2 Å². The first kappa shape index (κ1) is 16.2. The molecule has 116 valence electrons. The highest BCUT2D eigenvalue weighted by Gasteiger charge is 2.20. The lowest BCUT2D eigenvalue weighted by Crippen LogP contribution is -2.37. The Balaban J connectivity index is 1.73. The van der Waals surface area contributed by atoms with E-state index in [1.165, 1.54) is 19.3 Å². The molecule has 0 aromatic heterocycles. The van der Waals surface area contributed by atoms with Gasteiger partial charge in [-0.05, 0) is 37.9 Å². The number of aliphatic hydroxyl groups excluding tert-OH is 1. The number of thiocarbonyl (C=S) groups is 1. The lowest BCUT2D eigenvalue weighted by Gasteiger charge is -2.31. The van der Waals surface area contributed by atoms with Crippen LogP contribution in [0.3, 0.4) is 0 Å². The minimum Gasteiger partial charge on any atom is -0.491 e. The van der Waals surface area contributed by atoms with Gasteiger partial charge in [0.15, 0.2) is 0 Å². The Kier molecular flexibility index (Phi) is 5.96. The van der Waals surface area contributed by atoms with Crippen molar-refractivity contribution >= 4 is 17.2 Å². The molecule has 0 heterocycles. The largest absolute Gasteiger partial charge is 0.491 e. The highest BCUT2D eigenvalue weighted by atomic mass is 32.1.